The average molecular weight is 508 g/mol. The van der Waals surface area contributed by atoms with Crippen molar-refractivity contribution in [1.29, 1.82) is 0 Å². The number of carbonyl (C=O) groups excluding carboxylic acids is 1. The van der Waals surface area contributed by atoms with Crippen LogP contribution >= 0.6 is 0 Å². The van der Waals surface area contributed by atoms with Gasteiger partial charge in [-0.3, -0.25) is 9.80 Å². The lowest BCUT2D eigenvalue weighted by Crippen LogP contribution is -2.49. The van der Waals surface area contributed by atoms with Crippen molar-refractivity contribution >= 4 is 11.5 Å². The third-order valence-electron chi connectivity index (χ3n) is 7.22. The molecule has 3 atom stereocenters. The molecule has 4 heterocycles. The summed E-state index contributed by atoms with van der Waals surface area (Å²) in [5.41, 5.74) is 4.19. The van der Waals surface area contributed by atoms with Crippen LogP contribution in [0.2, 0.25) is 0 Å². The molecule has 4 rings (SSSR count). The maximum Gasteiger partial charge on any atom is 0.401 e. The van der Waals surface area contributed by atoms with Crippen LogP contribution in [0.1, 0.15) is 79.8 Å². The standard InChI is InChI=1S/C26H36F3N5O2/c1-16(2)36-25(35)21-14-23-20(22-7-6-17(3)30-31-22)8-9-34(23)24(18(21)4)19(5)33-12-10-32(11-13-33)15-26(27,28)29/h8-9,14,16-17,19,22H,6-7,10-13,15H2,1-5H3. The van der Waals surface area contributed by atoms with Gasteiger partial charge in [0.15, 0.2) is 0 Å². The highest BCUT2D eigenvalue weighted by Gasteiger charge is 2.34. The first kappa shape index (κ1) is 26.6. The van der Waals surface area contributed by atoms with Crippen LogP contribution in [0.5, 0.6) is 0 Å². The first-order chi connectivity index (χ1) is 16.9. The van der Waals surface area contributed by atoms with Gasteiger partial charge in [-0.15, -0.1) is 0 Å². The molecule has 198 valence electrons. The van der Waals surface area contributed by atoms with Crippen molar-refractivity contribution in [2.24, 2.45) is 10.2 Å². The fraction of sp³-hybridized carbons (Fsp3) is 0.654. The minimum absolute atomic E-state index is 0.0723. The minimum Gasteiger partial charge on any atom is -0.459 e. The number of piperazine rings is 1. The van der Waals surface area contributed by atoms with Crippen LogP contribution in [0.25, 0.3) is 5.52 Å². The number of azo groups is 1. The number of pyridine rings is 1. The molecule has 2 aromatic rings. The van der Waals surface area contributed by atoms with Crippen LogP contribution in [0.15, 0.2) is 28.6 Å². The Morgan fingerprint density at radius 1 is 1.14 bits per heavy atom. The minimum atomic E-state index is -4.20. The molecule has 2 aromatic heterocycles. The van der Waals surface area contributed by atoms with Gasteiger partial charge in [0.05, 0.1) is 35.8 Å². The van der Waals surface area contributed by atoms with Gasteiger partial charge in [-0.1, -0.05) is 0 Å². The number of carbonyl (C=O) groups is 1. The van der Waals surface area contributed by atoms with Gasteiger partial charge < -0.3 is 9.14 Å². The van der Waals surface area contributed by atoms with Gasteiger partial charge in [0.25, 0.3) is 0 Å². The first-order valence-corrected chi connectivity index (χ1v) is 12.7. The van der Waals surface area contributed by atoms with E-state index in [9.17, 15) is 18.0 Å². The van der Waals surface area contributed by atoms with Crippen LogP contribution in [-0.4, -0.2) is 71.2 Å². The van der Waals surface area contributed by atoms with Gasteiger partial charge in [0.2, 0.25) is 0 Å². The summed E-state index contributed by atoms with van der Waals surface area (Å²) in [4.78, 5) is 16.7. The van der Waals surface area contributed by atoms with E-state index >= 15 is 0 Å². The predicted molar refractivity (Wildman–Crippen MR) is 131 cm³/mol. The highest BCUT2D eigenvalue weighted by Crippen LogP contribution is 2.36. The summed E-state index contributed by atoms with van der Waals surface area (Å²) in [6, 6.07) is 3.96. The van der Waals surface area contributed by atoms with Crippen molar-refractivity contribution in [3.05, 3.63) is 40.7 Å². The zero-order valence-electron chi connectivity index (χ0n) is 21.7. The Bertz CT molecular complexity index is 1120. The van der Waals surface area contributed by atoms with Crippen molar-refractivity contribution in [3.63, 3.8) is 0 Å². The molecule has 1 saturated heterocycles. The van der Waals surface area contributed by atoms with Gasteiger partial charge >= 0.3 is 12.1 Å². The Labute approximate surface area is 210 Å². The number of nitrogens with zero attached hydrogens (tertiary/aromatic N) is 5. The first-order valence-electron chi connectivity index (χ1n) is 12.7. The Hall–Kier alpha value is -2.46. The summed E-state index contributed by atoms with van der Waals surface area (Å²) in [6.07, 6.45) is -0.608. The van der Waals surface area contributed by atoms with Crippen LogP contribution in [0, 0.1) is 6.92 Å². The molecule has 0 saturated carbocycles. The van der Waals surface area contributed by atoms with E-state index < -0.39 is 12.7 Å². The van der Waals surface area contributed by atoms with Crippen LogP contribution in [0.3, 0.4) is 0 Å². The molecule has 3 unspecified atom stereocenters. The van der Waals surface area contributed by atoms with Gasteiger partial charge in [-0.05, 0) is 65.2 Å². The molecule has 0 amide bonds. The number of hydrogen-bond donors (Lipinski definition) is 0. The lowest BCUT2D eigenvalue weighted by molar-refractivity contribution is -0.149. The van der Waals surface area contributed by atoms with E-state index in [1.165, 1.54) is 4.90 Å². The van der Waals surface area contributed by atoms with Crippen molar-refractivity contribution in [1.82, 2.24) is 14.2 Å². The molecule has 0 radical (unpaired) electrons. The normalized spacial score (nSPS) is 22.9. The van der Waals surface area contributed by atoms with Crippen molar-refractivity contribution in [2.45, 2.75) is 77.9 Å². The molecule has 10 heteroatoms. The monoisotopic (exact) mass is 507 g/mol. The quantitative estimate of drug-likeness (QED) is 0.469. The smallest absolute Gasteiger partial charge is 0.401 e. The number of hydrogen-bond acceptors (Lipinski definition) is 6. The van der Waals surface area contributed by atoms with Gasteiger partial charge in [0.1, 0.15) is 0 Å². The second-order valence-electron chi connectivity index (χ2n) is 10.3. The lowest BCUT2D eigenvalue weighted by Gasteiger charge is -2.39. The molecular weight excluding hydrogens is 471 g/mol. The Morgan fingerprint density at radius 2 is 1.83 bits per heavy atom. The van der Waals surface area contributed by atoms with Gasteiger partial charge in [-0.25, -0.2) is 4.79 Å². The molecule has 2 aliphatic rings. The number of esters is 1. The van der Waals surface area contributed by atoms with E-state index in [-0.39, 0.29) is 30.2 Å². The Balaban J connectivity index is 1.71. The molecular formula is C26H36F3N5O2. The van der Waals surface area contributed by atoms with E-state index in [2.05, 4.69) is 33.4 Å². The van der Waals surface area contributed by atoms with Crippen LogP contribution < -0.4 is 0 Å². The number of ether oxygens (including phenoxy) is 1. The molecule has 2 aliphatic heterocycles. The molecule has 0 spiro atoms. The number of fused-ring (bicyclic) bond motifs is 1. The average Bonchev–Trinajstić information content (AvgIpc) is 3.21. The maximum absolute atomic E-state index is 13.1. The lowest BCUT2D eigenvalue weighted by atomic mass is 9.97. The fourth-order valence-electron chi connectivity index (χ4n) is 5.33. The molecule has 0 aromatic carbocycles. The summed E-state index contributed by atoms with van der Waals surface area (Å²) in [5, 5.41) is 8.92. The van der Waals surface area contributed by atoms with E-state index in [4.69, 9.17) is 4.74 Å². The summed E-state index contributed by atoms with van der Waals surface area (Å²) in [7, 11) is 0. The number of rotatable bonds is 6. The molecule has 36 heavy (non-hydrogen) atoms. The second-order valence-corrected chi connectivity index (χ2v) is 10.3. The third kappa shape index (κ3) is 5.75. The fourth-order valence-corrected chi connectivity index (χ4v) is 5.33. The van der Waals surface area contributed by atoms with E-state index in [1.807, 2.05) is 39.1 Å². The summed E-state index contributed by atoms with van der Waals surface area (Å²) in [5.74, 6) is -0.375. The summed E-state index contributed by atoms with van der Waals surface area (Å²) < 4.78 is 46.3. The number of aromatic nitrogens is 1. The number of halogens is 3. The highest BCUT2D eigenvalue weighted by atomic mass is 19.4. The zero-order valence-corrected chi connectivity index (χ0v) is 21.7. The van der Waals surface area contributed by atoms with E-state index in [0.29, 0.717) is 31.7 Å². The van der Waals surface area contributed by atoms with Crippen molar-refractivity contribution in [3.8, 4) is 0 Å². The predicted octanol–water partition coefficient (Wildman–Crippen LogP) is 5.73. The Kier molecular flexibility index (Phi) is 7.75. The molecule has 7 nitrogen and oxygen atoms in total. The van der Waals surface area contributed by atoms with E-state index in [1.54, 1.807) is 0 Å². The van der Waals surface area contributed by atoms with Crippen LogP contribution in [-0.2, 0) is 4.74 Å². The van der Waals surface area contributed by atoms with E-state index in [0.717, 1.165) is 35.2 Å². The van der Waals surface area contributed by atoms with Gasteiger partial charge in [0, 0.05) is 49.7 Å². The molecule has 1 fully saturated rings. The second kappa shape index (κ2) is 10.5. The molecule has 0 bridgehead atoms. The third-order valence-corrected chi connectivity index (χ3v) is 7.22. The Morgan fingerprint density at radius 3 is 2.42 bits per heavy atom. The van der Waals surface area contributed by atoms with Crippen molar-refractivity contribution in [2.75, 3.05) is 32.7 Å². The SMILES string of the molecule is Cc1c(C(=O)OC(C)C)cc2c(C3CCC(C)N=N3)ccn2c1C(C)N1CCN(CC(F)(F)F)CC1. The summed E-state index contributed by atoms with van der Waals surface area (Å²) in [6.45, 7) is 10.5. The largest absolute Gasteiger partial charge is 0.459 e. The van der Waals surface area contributed by atoms with Crippen molar-refractivity contribution < 1.29 is 22.7 Å². The van der Waals surface area contributed by atoms with Crippen LogP contribution in [0.4, 0.5) is 13.2 Å². The summed E-state index contributed by atoms with van der Waals surface area (Å²) >= 11 is 0. The number of alkyl halides is 3. The molecule has 0 N–H and O–H groups in total. The zero-order chi connectivity index (χ0) is 26.2. The molecule has 0 aliphatic carbocycles. The van der Waals surface area contributed by atoms with Gasteiger partial charge in [-0.2, -0.15) is 23.4 Å². The topological polar surface area (TPSA) is 61.9 Å². The maximum atomic E-state index is 13.1. The highest BCUT2D eigenvalue weighted by molar-refractivity contribution is 5.93.